The van der Waals surface area contributed by atoms with E-state index >= 15 is 0 Å². The number of halogens is 1. The molecule has 0 N–H and O–H groups in total. The maximum absolute atomic E-state index is 13.2. The Hall–Kier alpha value is -3.45. The van der Waals surface area contributed by atoms with E-state index < -0.39 is 0 Å². The van der Waals surface area contributed by atoms with Gasteiger partial charge in [-0.25, -0.2) is 4.79 Å². The summed E-state index contributed by atoms with van der Waals surface area (Å²) in [6.45, 7) is 0.732. The van der Waals surface area contributed by atoms with Gasteiger partial charge in [-0.2, -0.15) is 0 Å². The molecule has 1 unspecified atom stereocenters. The fourth-order valence-electron chi connectivity index (χ4n) is 5.00. The molecule has 1 aliphatic heterocycles. The number of carbonyl (C=O) groups is 1. The predicted octanol–water partition coefficient (Wildman–Crippen LogP) is 4.21. The lowest BCUT2D eigenvalue weighted by Gasteiger charge is -2.24. The minimum Gasteiger partial charge on any atom is -0.334 e. The van der Waals surface area contributed by atoms with Gasteiger partial charge in [0.05, 0.1) is 34.7 Å². The Morgan fingerprint density at radius 3 is 2.71 bits per heavy atom. The van der Waals surface area contributed by atoms with Crippen LogP contribution in [-0.4, -0.2) is 36.5 Å². The van der Waals surface area contributed by atoms with Gasteiger partial charge >= 0.3 is 5.69 Å². The first-order chi connectivity index (χ1) is 16.9. The molecule has 0 bridgehead atoms. The van der Waals surface area contributed by atoms with E-state index in [0.29, 0.717) is 24.3 Å². The molecule has 0 radical (unpaired) electrons. The largest absolute Gasteiger partial charge is 0.334 e. The van der Waals surface area contributed by atoms with Gasteiger partial charge in [0, 0.05) is 44.7 Å². The maximum Gasteiger partial charge on any atom is 0.328 e. The molecule has 180 valence electrons. The molecule has 8 heteroatoms. The molecule has 5 rings (SSSR count). The summed E-state index contributed by atoms with van der Waals surface area (Å²) in [6, 6.07) is 13.7. The zero-order chi connectivity index (χ0) is 24.5. The highest BCUT2D eigenvalue weighted by atomic mass is 35.5. The molecule has 4 aromatic rings. The predicted molar refractivity (Wildman–Crippen MR) is 136 cm³/mol. The van der Waals surface area contributed by atoms with Crippen LogP contribution in [0.5, 0.6) is 0 Å². The van der Waals surface area contributed by atoms with E-state index in [1.54, 1.807) is 35.6 Å². The molecule has 2 aromatic heterocycles. The van der Waals surface area contributed by atoms with Crippen molar-refractivity contribution in [2.75, 3.05) is 6.54 Å². The number of hydrogen-bond acceptors (Lipinski definition) is 4. The summed E-state index contributed by atoms with van der Waals surface area (Å²) >= 11 is 6.12. The monoisotopic (exact) mass is 489 g/mol. The van der Waals surface area contributed by atoms with Crippen molar-refractivity contribution in [1.82, 2.24) is 24.0 Å². The van der Waals surface area contributed by atoms with E-state index in [1.165, 1.54) is 0 Å². The highest BCUT2D eigenvalue weighted by Gasteiger charge is 2.31. The Kier molecular flexibility index (Phi) is 6.43. The van der Waals surface area contributed by atoms with Gasteiger partial charge in [-0.1, -0.05) is 29.8 Å². The van der Waals surface area contributed by atoms with Crippen LogP contribution in [0, 0.1) is 0 Å². The Bertz CT molecular complexity index is 1460. The molecule has 1 fully saturated rings. The van der Waals surface area contributed by atoms with Crippen molar-refractivity contribution in [2.45, 2.75) is 38.1 Å². The zero-order valence-electron chi connectivity index (χ0n) is 19.9. The second-order valence-corrected chi connectivity index (χ2v) is 9.65. The van der Waals surface area contributed by atoms with Crippen molar-refractivity contribution >= 4 is 28.5 Å². The van der Waals surface area contributed by atoms with Gasteiger partial charge < -0.3 is 4.90 Å². The van der Waals surface area contributed by atoms with Crippen LogP contribution in [0.4, 0.5) is 0 Å². The van der Waals surface area contributed by atoms with Crippen LogP contribution in [0.3, 0.4) is 0 Å². The van der Waals surface area contributed by atoms with Crippen LogP contribution in [0.1, 0.15) is 47.8 Å². The topological polar surface area (TPSA) is 73.0 Å². The van der Waals surface area contributed by atoms with Crippen LogP contribution in [0.2, 0.25) is 5.02 Å². The van der Waals surface area contributed by atoms with Crippen LogP contribution < -0.4 is 5.69 Å². The van der Waals surface area contributed by atoms with Gasteiger partial charge in [-0.3, -0.25) is 23.9 Å². The van der Waals surface area contributed by atoms with Crippen molar-refractivity contribution < 1.29 is 4.79 Å². The van der Waals surface area contributed by atoms with Crippen molar-refractivity contribution in [1.29, 1.82) is 0 Å². The number of benzene rings is 2. The number of imidazole rings is 1. The van der Waals surface area contributed by atoms with Crippen LogP contribution in [0.25, 0.3) is 11.0 Å². The van der Waals surface area contributed by atoms with E-state index in [4.69, 9.17) is 16.6 Å². The Labute approximate surface area is 209 Å². The minimum absolute atomic E-state index is 0.0492. The van der Waals surface area contributed by atoms with Crippen LogP contribution in [-0.2, 0) is 31.7 Å². The molecule has 0 spiro atoms. The smallest absolute Gasteiger partial charge is 0.328 e. The number of aromatic nitrogens is 4. The van der Waals surface area contributed by atoms with E-state index in [0.717, 1.165) is 52.9 Å². The first kappa shape index (κ1) is 23.3. The summed E-state index contributed by atoms with van der Waals surface area (Å²) in [7, 11) is 3.55. The SMILES string of the molecule is Cn1c(=O)n(C)c2cc(CCC(=O)N3CCCC3c3cncc(Cc4cccc(Cl)c4)n3)ccc21. The first-order valence-corrected chi connectivity index (χ1v) is 12.3. The van der Waals surface area contributed by atoms with Crippen LogP contribution in [0.15, 0.2) is 59.7 Å². The second kappa shape index (κ2) is 9.66. The van der Waals surface area contributed by atoms with Gasteiger partial charge in [0.15, 0.2) is 0 Å². The third-order valence-corrected chi connectivity index (χ3v) is 7.09. The van der Waals surface area contributed by atoms with E-state index in [9.17, 15) is 9.59 Å². The normalized spacial score (nSPS) is 15.7. The van der Waals surface area contributed by atoms with Gasteiger partial charge in [0.2, 0.25) is 5.91 Å². The summed E-state index contributed by atoms with van der Waals surface area (Å²) < 4.78 is 3.28. The summed E-state index contributed by atoms with van der Waals surface area (Å²) in [5.41, 5.74) is 5.56. The number of likely N-dealkylation sites (tertiary alicyclic amines) is 1. The number of hydrogen-bond donors (Lipinski definition) is 0. The molecule has 1 amide bonds. The highest BCUT2D eigenvalue weighted by molar-refractivity contribution is 6.30. The van der Waals surface area contributed by atoms with E-state index in [2.05, 4.69) is 4.98 Å². The summed E-state index contributed by atoms with van der Waals surface area (Å²) in [5, 5.41) is 0.702. The number of aryl methyl sites for hydroxylation is 3. The van der Waals surface area contributed by atoms with Crippen molar-refractivity contribution in [3.8, 4) is 0 Å². The fourth-order valence-corrected chi connectivity index (χ4v) is 5.21. The van der Waals surface area contributed by atoms with E-state index in [1.807, 2.05) is 47.4 Å². The zero-order valence-corrected chi connectivity index (χ0v) is 20.7. The van der Waals surface area contributed by atoms with Gasteiger partial charge in [-0.15, -0.1) is 0 Å². The average molecular weight is 490 g/mol. The molecule has 0 saturated carbocycles. The molecular weight excluding hydrogens is 462 g/mol. The number of carbonyl (C=O) groups excluding carboxylic acids is 1. The molecule has 35 heavy (non-hydrogen) atoms. The van der Waals surface area contributed by atoms with Crippen molar-refractivity contribution in [3.05, 3.63) is 92.9 Å². The maximum atomic E-state index is 13.2. The van der Waals surface area contributed by atoms with Gasteiger partial charge in [-0.05, 0) is 54.7 Å². The second-order valence-electron chi connectivity index (χ2n) is 9.21. The Morgan fingerprint density at radius 2 is 1.89 bits per heavy atom. The molecule has 1 saturated heterocycles. The number of fused-ring (bicyclic) bond motifs is 1. The van der Waals surface area contributed by atoms with Crippen molar-refractivity contribution in [2.24, 2.45) is 14.1 Å². The summed E-state index contributed by atoms with van der Waals surface area (Å²) in [6.07, 6.45) is 7.08. The summed E-state index contributed by atoms with van der Waals surface area (Å²) in [4.78, 5) is 36.6. The molecule has 2 aromatic carbocycles. The third-order valence-electron chi connectivity index (χ3n) is 6.86. The Balaban J connectivity index is 1.28. The molecule has 3 heterocycles. The third kappa shape index (κ3) is 4.73. The molecular formula is C27H28ClN5O2. The van der Waals surface area contributed by atoms with Gasteiger partial charge in [0.25, 0.3) is 0 Å². The Morgan fingerprint density at radius 1 is 1.06 bits per heavy atom. The lowest BCUT2D eigenvalue weighted by atomic mass is 10.1. The lowest BCUT2D eigenvalue weighted by molar-refractivity contribution is -0.132. The average Bonchev–Trinajstić information content (AvgIpc) is 3.43. The number of rotatable bonds is 6. The molecule has 7 nitrogen and oxygen atoms in total. The highest BCUT2D eigenvalue weighted by Crippen LogP contribution is 2.31. The number of nitrogens with zero attached hydrogens (tertiary/aromatic N) is 5. The minimum atomic E-state index is -0.0493. The van der Waals surface area contributed by atoms with Gasteiger partial charge in [0.1, 0.15) is 0 Å². The number of amides is 1. The van der Waals surface area contributed by atoms with Crippen LogP contribution >= 0.6 is 11.6 Å². The van der Waals surface area contributed by atoms with Crippen molar-refractivity contribution in [3.63, 3.8) is 0 Å². The fraction of sp³-hybridized carbons (Fsp3) is 0.333. The molecule has 1 aliphatic rings. The first-order valence-electron chi connectivity index (χ1n) is 11.9. The standard InChI is InChI=1S/C27H28ClN5O2/c1-31-24-10-8-18(15-25(24)32(2)27(31)35)9-11-26(34)33-12-4-7-23(33)22-17-29-16-21(30-22)14-19-5-3-6-20(28)13-19/h3,5-6,8,10,13,15-17,23H,4,7,9,11-12,14H2,1-2H3. The lowest BCUT2D eigenvalue weighted by Crippen LogP contribution is -2.31. The summed E-state index contributed by atoms with van der Waals surface area (Å²) in [5.74, 6) is 0.122. The molecule has 1 atom stereocenters. The molecule has 0 aliphatic carbocycles. The quantitative estimate of drug-likeness (QED) is 0.406. The van der Waals surface area contributed by atoms with E-state index in [-0.39, 0.29) is 17.6 Å².